The number of rotatable bonds is 5. The standard InChI is InChI=1S/C16H17BrFNO/c1-2-14(19)9-11-8-12(17)6-7-16(11)20-15-5-3-4-13(18)10-15/h3-8,10,14H,2,9,19H2,1H3. The van der Waals surface area contributed by atoms with Crippen LogP contribution >= 0.6 is 15.9 Å². The van der Waals surface area contributed by atoms with Crippen molar-refractivity contribution in [2.75, 3.05) is 0 Å². The van der Waals surface area contributed by atoms with Crippen LogP contribution in [0.25, 0.3) is 0 Å². The third-order valence-corrected chi connectivity index (χ3v) is 3.55. The molecule has 0 aliphatic carbocycles. The van der Waals surface area contributed by atoms with E-state index >= 15 is 0 Å². The highest BCUT2D eigenvalue weighted by molar-refractivity contribution is 9.10. The van der Waals surface area contributed by atoms with E-state index in [0.717, 1.165) is 22.9 Å². The second-order valence-corrected chi connectivity index (χ2v) is 5.60. The van der Waals surface area contributed by atoms with E-state index in [-0.39, 0.29) is 11.9 Å². The Hall–Kier alpha value is -1.39. The maximum absolute atomic E-state index is 13.2. The first-order chi connectivity index (χ1) is 9.58. The van der Waals surface area contributed by atoms with E-state index in [1.54, 1.807) is 12.1 Å². The van der Waals surface area contributed by atoms with Crippen LogP contribution in [0, 0.1) is 5.82 Å². The first kappa shape index (κ1) is 15.0. The van der Waals surface area contributed by atoms with Gasteiger partial charge in [0.15, 0.2) is 0 Å². The van der Waals surface area contributed by atoms with E-state index < -0.39 is 0 Å². The lowest BCUT2D eigenvalue weighted by atomic mass is 10.0. The molecular formula is C16H17BrFNO. The minimum absolute atomic E-state index is 0.0826. The Labute approximate surface area is 126 Å². The van der Waals surface area contributed by atoms with Gasteiger partial charge in [-0.25, -0.2) is 4.39 Å². The molecule has 2 aromatic rings. The summed E-state index contributed by atoms with van der Waals surface area (Å²) in [6, 6.07) is 12.0. The summed E-state index contributed by atoms with van der Waals surface area (Å²) in [5.41, 5.74) is 7.02. The molecule has 106 valence electrons. The van der Waals surface area contributed by atoms with Crippen LogP contribution in [0.3, 0.4) is 0 Å². The van der Waals surface area contributed by atoms with Gasteiger partial charge in [0.25, 0.3) is 0 Å². The van der Waals surface area contributed by atoms with Gasteiger partial charge in [-0.15, -0.1) is 0 Å². The van der Waals surface area contributed by atoms with Gasteiger partial charge in [-0.05, 0) is 48.7 Å². The second-order valence-electron chi connectivity index (χ2n) is 4.68. The van der Waals surface area contributed by atoms with E-state index in [9.17, 15) is 4.39 Å². The van der Waals surface area contributed by atoms with Crippen LogP contribution in [0.15, 0.2) is 46.9 Å². The average Bonchev–Trinajstić information content (AvgIpc) is 2.42. The summed E-state index contributed by atoms with van der Waals surface area (Å²) in [6.07, 6.45) is 1.62. The SMILES string of the molecule is CCC(N)Cc1cc(Br)ccc1Oc1cccc(F)c1. The topological polar surface area (TPSA) is 35.2 Å². The normalized spacial score (nSPS) is 12.2. The lowest BCUT2D eigenvalue weighted by Crippen LogP contribution is -2.21. The Bertz CT molecular complexity index is 588. The number of hydrogen-bond acceptors (Lipinski definition) is 2. The van der Waals surface area contributed by atoms with Gasteiger partial charge in [-0.1, -0.05) is 28.9 Å². The molecule has 2 N–H and O–H groups in total. The van der Waals surface area contributed by atoms with E-state index in [0.29, 0.717) is 11.5 Å². The lowest BCUT2D eigenvalue weighted by Gasteiger charge is -2.14. The molecule has 2 aromatic carbocycles. The van der Waals surface area contributed by atoms with Crippen molar-refractivity contribution in [2.24, 2.45) is 5.73 Å². The molecular weight excluding hydrogens is 321 g/mol. The predicted molar refractivity (Wildman–Crippen MR) is 82.6 cm³/mol. The van der Waals surface area contributed by atoms with E-state index in [1.165, 1.54) is 12.1 Å². The fourth-order valence-electron chi connectivity index (χ4n) is 1.89. The third kappa shape index (κ3) is 4.05. The van der Waals surface area contributed by atoms with Crippen molar-refractivity contribution in [1.29, 1.82) is 0 Å². The molecule has 0 aliphatic heterocycles. The Morgan fingerprint density at radius 1 is 1.25 bits per heavy atom. The van der Waals surface area contributed by atoms with Crippen molar-refractivity contribution < 1.29 is 9.13 Å². The molecule has 0 amide bonds. The molecule has 0 aliphatic rings. The molecule has 4 heteroatoms. The Balaban J connectivity index is 2.26. The first-order valence-electron chi connectivity index (χ1n) is 6.56. The van der Waals surface area contributed by atoms with Gasteiger partial charge in [-0.3, -0.25) is 0 Å². The summed E-state index contributed by atoms with van der Waals surface area (Å²) in [5.74, 6) is 0.882. The van der Waals surface area contributed by atoms with Gasteiger partial charge in [-0.2, -0.15) is 0 Å². The van der Waals surface area contributed by atoms with E-state index in [2.05, 4.69) is 22.9 Å². The monoisotopic (exact) mass is 337 g/mol. The summed E-state index contributed by atoms with van der Waals surface area (Å²) in [7, 11) is 0. The summed E-state index contributed by atoms with van der Waals surface area (Å²) >= 11 is 3.45. The molecule has 0 aromatic heterocycles. The van der Waals surface area contributed by atoms with Crippen molar-refractivity contribution in [3.8, 4) is 11.5 Å². The second kappa shape index (κ2) is 6.86. The van der Waals surface area contributed by atoms with Crippen molar-refractivity contribution in [3.05, 3.63) is 58.3 Å². The molecule has 0 radical (unpaired) electrons. The van der Waals surface area contributed by atoms with Gasteiger partial charge >= 0.3 is 0 Å². The van der Waals surface area contributed by atoms with Crippen LogP contribution in [0.2, 0.25) is 0 Å². The highest BCUT2D eigenvalue weighted by atomic mass is 79.9. The van der Waals surface area contributed by atoms with Crippen LogP contribution < -0.4 is 10.5 Å². The van der Waals surface area contributed by atoms with Gasteiger partial charge in [0.2, 0.25) is 0 Å². The quantitative estimate of drug-likeness (QED) is 0.861. The number of nitrogens with two attached hydrogens (primary N) is 1. The lowest BCUT2D eigenvalue weighted by molar-refractivity contribution is 0.467. The van der Waals surface area contributed by atoms with Crippen molar-refractivity contribution in [3.63, 3.8) is 0 Å². The largest absolute Gasteiger partial charge is 0.457 e. The molecule has 2 rings (SSSR count). The highest BCUT2D eigenvalue weighted by Crippen LogP contribution is 2.29. The number of benzene rings is 2. The molecule has 0 saturated heterocycles. The summed E-state index contributed by atoms with van der Waals surface area (Å²) in [6.45, 7) is 2.05. The van der Waals surface area contributed by atoms with Gasteiger partial charge < -0.3 is 10.5 Å². The van der Waals surface area contributed by atoms with E-state index in [1.807, 2.05) is 18.2 Å². The van der Waals surface area contributed by atoms with Crippen molar-refractivity contribution in [1.82, 2.24) is 0 Å². The number of halogens is 2. The van der Waals surface area contributed by atoms with Gasteiger partial charge in [0.1, 0.15) is 17.3 Å². The zero-order valence-electron chi connectivity index (χ0n) is 11.3. The molecule has 1 atom stereocenters. The van der Waals surface area contributed by atoms with Crippen LogP contribution in [-0.4, -0.2) is 6.04 Å². The maximum atomic E-state index is 13.2. The molecule has 0 bridgehead atoms. The van der Waals surface area contributed by atoms with Crippen LogP contribution in [0.5, 0.6) is 11.5 Å². The van der Waals surface area contributed by atoms with Crippen LogP contribution in [0.1, 0.15) is 18.9 Å². The third-order valence-electron chi connectivity index (χ3n) is 3.05. The van der Waals surface area contributed by atoms with Crippen molar-refractivity contribution >= 4 is 15.9 Å². The molecule has 0 heterocycles. The Kier molecular flexibility index (Phi) is 5.15. The zero-order valence-corrected chi connectivity index (χ0v) is 12.9. The smallest absolute Gasteiger partial charge is 0.130 e. The minimum Gasteiger partial charge on any atom is -0.457 e. The Morgan fingerprint density at radius 3 is 2.75 bits per heavy atom. The predicted octanol–water partition coefficient (Wildman–Crippen LogP) is 4.66. The fourth-order valence-corrected chi connectivity index (χ4v) is 2.30. The van der Waals surface area contributed by atoms with Gasteiger partial charge in [0, 0.05) is 16.6 Å². The average molecular weight is 338 g/mol. The minimum atomic E-state index is -0.313. The number of ether oxygens (including phenoxy) is 1. The maximum Gasteiger partial charge on any atom is 0.130 e. The molecule has 0 saturated carbocycles. The zero-order chi connectivity index (χ0) is 14.5. The molecule has 1 unspecified atom stereocenters. The molecule has 2 nitrogen and oxygen atoms in total. The van der Waals surface area contributed by atoms with Gasteiger partial charge in [0.05, 0.1) is 0 Å². The van der Waals surface area contributed by atoms with E-state index in [4.69, 9.17) is 10.5 Å². The number of hydrogen-bond donors (Lipinski definition) is 1. The van der Waals surface area contributed by atoms with Crippen molar-refractivity contribution in [2.45, 2.75) is 25.8 Å². The summed E-state index contributed by atoms with van der Waals surface area (Å²) < 4.78 is 19.9. The fraction of sp³-hybridized carbons (Fsp3) is 0.250. The molecule has 0 spiro atoms. The first-order valence-corrected chi connectivity index (χ1v) is 7.35. The summed E-state index contributed by atoms with van der Waals surface area (Å²) in [5, 5.41) is 0. The Morgan fingerprint density at radius 2 is 2.05 bits per heavy atom. The summed E-state index contributed by atoms with van der Waals surface area (Å²) in [4.78, 5) is 0. The highest BCUT2D eigenvalue weighted by Gasteiger charge is 2.10. The molecule has 20 heavy (non-hydrogen) atoms. The van der Waals surface area contributed by atoms with Crippen LogP contribution in [0.4, 0.5) is 4.39 Å². The molecule has 0 fully saturated rings. The van der Waals surface area contributed by atoms with Crippen LogP contribution in [-0.2, 0) is 6.42 Å².